The van der Waals surface area contributed by atoms with Gasteiger partial charge in [-0.05, 0) is 31.6 Å². The van der Waals surface area contributed by atoms with Gasteiger partial charge in [0.2, 0.25) is 0 Å². The van der Waals surface area contributed by atoms with Gasteiger partial charge in [0, 0.05) is 25.7 Å². The molecule has 0 spiro atoms. The van der Waals surface area contributed by atoms with Crippen molar-refractivity contribution >= 4 is 39.5 Å². The zero-order chi connectivity index (χ0) is 68.4. The van der Waals surface area contributed by atoms with E-state index in [1.807, 2.05) is 0 Å². The number of carbonyl (C=O) groups is 4. The number of hydrogen-bond acceptors (Lipinski definition) is 15. The van der Waals surface area contributed by atoms with Crippen LogP contribution in [0.1, 0.15) is 388 Å². The van der Waals surface area contributed by atoms with Gasteiger partial charge < -0.3 is 33.8 Å². The molecule has 0 bridgehead atoms. The van der Waals surface area contributed by atoms with Crippen LogP contribution in [0.25, 0.3) is 0 Å². The van der Waals surface area contributed by atoms with E-state index in [0.29, 0.717) is 25.7 Å². The Bertz CT molecular complexity index is 1790. The minimum Gasteiger partial charge on any atom is -0.462 e. The zero-order valence-electron chi connectivity index (χ0n) is 60.4. The lowest BCUT2D eigenvalue weighted by Gasteiger charge is -2.21. The van der Waals surface area contributed by atoms with Gasteiger partial charge in [0.1, 0.15) is 19.3 Å². The maximum Gasteiger partial charge on any atom is 0.472 e. The Kier molecular flexibility index (Phi) is 65.9. The number of aliphatic hydroxyl groups excluding tert-OH is 1. The van der Waals surface area contributed by atoms with Crippen molar-refractivity contribution in [3.05, 3.63) is 0 Å². The summed E-state index contributed by atoms with van der Waals surface area (Å²) in [5.41, 5.74) is 0. The summed E-state index contributed by atoms with van der Waals surface area (Å²) in [4.78, 5) is 72.6. The Morgan fingerprint density at radius 2 is 0.495 bits per heavy atom. The minimum atomic E-state index is -4.95. The molecule has 0 radical (unpaired) electrons. The molecule has 93 heavy (non-hydrogen) atoms. The number of esters is 4. The molecule has 0 aliphatic heterocycles. The molecule has 0 aromatic carbocycles. The Morgan fingerprint density at radius 1 is 0.290 bits per heavy atom. The summed E-state index contributed by atoms with van der Waals surface area (Å²) in [6.45, 7) is 7.25. The summed E-state index contributed by atoms with van der Waals surface area (Å²) in [5.74, 6) is -1.37. The Morgan fingerprint density at radius 3 is 0.731 bits per heavy atom. The first kappa shape index (κ1) is 91.1. The summed E-state index contributed by atoms with van der Waals surface area (Å²) in [5, 5.41) is 10.6. The van der Waals surface area contributed by atoms with Gasteiger partial charge in [-0.15, -0.1) is 0 Å². The summed E-state index contributed by atoms with van der Waals surface area (Å²) >= 11 is 0. The van der Waals surface area contributed by atoms with E-state index in [1.54, 1.807) is 0 Å². The molecule has 19 heteroatoms. The van der Waals surface area contributed by atoms with Gasteiger partial charge in [0.25, 0.3) is 0 Å². The molecule has 552 valence electrons. The van der Waals surface area contributed by atoms with Crippen LogP contribution in [-0.2, 0) is 65.4 Å². The lowest BCUT2D eigenvalue weighted by Crippen LogP contribution is -2.30. The third-order valence-corrected chi connectivity index (χ3v) is 19.2. The minimum absolute atomic E-state index is 0.106. The van der Waals surface area contributed by atoms with Crippen LogP contribution in [0, 0.1) is 5.92 Å². The lowest BCUT2D eigenvalue weighted by molar-refractivity contribution is -0.161. The molecule has 5 atom stereocenters. The van der Waals surface area contributed by atoms with Crippen molar-refractivity contribution in [2.75, 3.05) is 39.6 Å². The maximum atomic E-state index is 13.1. The van der Waals surface area contributed by atoms with Crippen LogP contribution in [-0.4, -0.2) is 96.7 Å². The summed E-state index contributed by atoms with van der Waals surface area (Å²) in [7, 11) is -9.90. The average molecular weight is 1370 g/mol. The third-order valence-electron chi connectivity index (χ3n) is 17.3. The largest absolute Gasteiger partial charge is 0.472 e. The fourth-order valence-electron chi connectivity index (χ4n) is 11.4. The first-order valence-electron chi connectivity index (χ1n) is 38.6. The topological polar surface area (TPSA) is 237 Å². The fourth-order valence-corrected chi connectivity index (χ4v) is 12.9. The molecule has 0 amide bonds. The van der Waals surface area contributed by atoms with Crippen LogP contribution >= 0.6 is 15.6 Å². The second kappa shape index (κ2) is 67.3. The van der Waals surface area contributed by atoms with Gasteiger partial charge in [-0.25, -0.2) is 9.13 Å². The van der Waals surface area contributed by atoms with Gasteiger partial charge >= 0.3 is 39.5 Å². The Labute approximate surface area is 568 Å². The molecule has 0 heterocycles. The van der Waals surface area contributed by atoms with E-state index in [4.69, 9.17) is 37.0 Å². The summed E-state index contributed by atoms with van der Waals surface area (Å²) < 4.78 is 68.4. The highest BCUT2D eigenvalue weighted by Crippen LogP contribution is 2.45. The van der Waals surface area contributed by atoms with Gasteiger partial charge in [-0.1, -0.05) is 336 Å². The molecule has 3 N–H and O–H groups in total. The van der Waals surface area contributed by atoms with Crippen molar-refractivity contribution in [3.8, 4) is 0 Å². The maximum absolute atomic E-state index is 13.1. The number of ether oxygens (including phenoxy) is 4. The SMILES string of the molecule is CCCCCCCCCCCCCCCCCCCCC(=O)O[C@H](COC(=O)CCCCCCCCCCCCCCCC)COP(=O)(O)OC[C@@H](O)COP(=O)(O)OC[C@@H](COC(=O)CCCCCCCCCC)OC(=O)CCCCCCCCCCCCC(C)C. The number of phosphoric ester groups is 2. The van der Waals surface area contributed by atoms with Gasteiger partial charge in [0.05, 0.1) is 26.4 Å². The molecular formula is C74H144O17P2. The molecule has 0 aromatic rings. The van der Waals surface area contributed by atoms with Crippen molar-refractivity contribution in [1.82, 2.24) is 0 Å². The molecule has 2 unspecified atom stereocenters. The summed E-state index contributed by atoms with van der Waals surface area (Å²) in [6, 6.07) is 0. The van der Waals surface area contributed by atoms with E-state index in [2.05, 4.69) is 34.6 Å². The van der Waals surface area contributed by atoms with Crippen molar-refractivity contribution < 1.29 is 80.2 Å². The van der Waals surface area contributed by atoms with Crippen LogP contribution in [0.4, 0.5) is 0 Å². The van der Waals surface area contributed by atoms with Crippen LogP contribution in [0.2, 0.25) is 0 Å². The number of unbranched alkanes of at least 4 members (excludes halogenated alkanes) is 46. The highest BCUT2D eigenvalue weighted by molar-refractivity contribution is 7.47. The van der Waals surface area contributed by atoms with Crippen molar-refractivity contribution in [3.63, 3.8) is 0 Å². The van der Waals surface area contributed by atoms with Crippen LogP contribution in [0.3, 0.4) is 0 Å². The molecule has 0 aromatic heterocycles. The van der Waals surface area contributed by atoms with Crippen molar-refractivity contribution in [2.45, 2.75) is 406 Å². The standard InChI is InChI=1S/C74H144O17P2/c1-6-9-12-15-18-21-23-25-27-28-29-30-32-34-39-44-49-54-59-73(78)91-70(64-85-72(77)58-53-48-43-38-33-31-26-24-22-19-16-13-10-7-2)66-89-93(82,83)87-62-68(75)61-86-92(80,81)88-65-69(63-84-71(76)57-52-47-42-20-17-14-11-8-3)90-74(79)60-55-50-45-40-36-35-37-41-46-51-56-67(4)5/h67-70,75H,6-66H2,1-5H3,(H,80,81)(H,82,83)/t68-,69+,70+/m0/s1. The number of hydrogen-bond donors (Lipinski definition) is 3. The quantitative estimate of drug-likeness (QED) is 0.0222. The fraction of sp³-hybridized carbons (Fsp3) is 0.946. The third kappa shape index (κ3) is 68.4. The van der Waals surface area contributed by atoms with E-state index in [-0.39, 0.29) is 25.7 Å². The monoisotopic (exact) mass is 1370 g/mol. The predicted octanol–water partition coefficient (Wildman–Crippen LogP) is 21.7. The van der Waals surface area contributed by atoms with E-state index in [1.165, 1.54) is 205 Å². The molecule has 0 saturated carbocycles. The van der Waals surface area contributed by atoms with E-state index < -0.39 is 97.5 Å². The number of carbonyl (C=O) groups excluding carboxylic acids is 4. The number of aliphatic hydroxyl groups is 1. The first-order valence-corrected chi connectivity index (χ1v) is 41.6. The molecular weight excluding hydrogens is 1220 g/mol. The Hall–Kier alpha value is -1.94. The number of phosphoric acid groups is 2. The molecule has 17 nitrogen and oxygen atoms in total. The van der Waals surface area contributed by atoms with Crippen molar-refractivity contribution in [2.24, 2.45) is 5.92 Å². The molecule has 0 rings (SSSR count). The molecule has 0 aliphatic rings. The zero-order valence-corrected chi connectivity index (χ0v) is 62.2. The second-order valence-electron chi connectivity index (χ2n) is 27.2. The number of rotatable bonds is 74. The smallest absolute Gasteiger partial charge is 0.462 e. The van der Waals surface area contributed by atoms with Gasteiger partial charge in [-0.2, -0.15) is 0 Å². The molecule has 0 fully saturated rings. The van der Waals surface area contributed by atoms with Crippen LogP contribution < -0.4 is 0 Å². The lowest BCUT2D eigenvalue weighted by atomic mass is 10.0. The van der Waals surface area contributed by atoms with Crippen LogP contribution in [0.5, 0.6) is 0 Å². The highest BCUT2D eigenvalue weighted by Gasteiger charge is 2.30. The summed E-state index contributed by atoms with van der Waals surface area (Å²) in [6.07, 6.45) is 55.5. The second-order valence-corrected chi connectivity index (χ2v) is 30.1. The first-order chi connectivity index (χ1) is 45.0. The highest BCUT2D eigenvalue weighted by atomic mass is 31.2. The van der Waals surface area contributed by atoms with Crippen LogP contribution in [0.15, 0.2) is 0 Å². The Balaban J connectivity index is 5.21. The predicted molar refractivity (Wildman–Crippen MR) is 377 cm³/mol. The average Bonchev–Trinajstić information content (AvgIpc) is 2.10. The molecule has 0 saturated heterocycles. The van der Waals surface area contributed by atoms with Gasteiger partial charge in [-0.3, -0.25) is 37.3 Å². The van der Waals surface area contributed by atoms with E-state index in [9.17, 15) is 43.2 Å². The normalized spacial score (nSPS) is 14.0. The van der Waals surface area contributed by atoms with Gasteiger partial charge in [0.15, 0.2) is 12.2 Å². The van der Waals surface area contributed by atoms with E-state index >= 15 is 0 Å². The molecule has 0 aliphatic carbocycles. The van der Waals surface area contributed by atoms with E-state index in [0.717, 1.165) is 102 Å². The van der Waals surface area contributed by atoms with Crippen molar-refractivity contribution in [1.29, 1.82) is 0 Å².